The van der Waals surface area contributed by atoms with E-state index >= 15 is 0 Å². The van der Waals surface area contributed by atoms with Crippen molar-refractivity contribution in [2.45, 2.75) is 30.0 Å². The Labute approximate surface area is 133 Å². The second kappa shape index (κ2) is 5.66. The molecule has 3 rings (SSSR count). The molecule has 5 heteroatoms. The normalized spacial score (nSPS) is 16.9. The number of nitrogens with zero attached hydrogens (tertiary/aromatic N) is 1. The van der Waals surface area contributed by atoms with Gasteiger partial charge in [-0.05, 0) is 35.2 Å². The number of anilines is 1. The summed E-state index contributed by atoms with van der Waals surface area (Å²) >= 11 is 1.56. The fourth-order valence-electron chi connectivity index (χ4n) is 2.50. The van der Waals surface area contributed by atoms with Crippen LogP contribution in [0.1, 0.15) is 46.6 Å². The lowest BCUT2D eigenvalue weighted by atomic mass is 10.0. The Morgan fingerprint density at radius 3 is 2.50 bits per heavy atom. The summed E-state index contributed by atoms with van der Waals surface area (Å²) in [6.45, 7) is 4.30. The quantitative estimate of drug-likeness (QED) is 0.901. The van der Waals surface area contributed by atoms with Crippen molar-refractivity contribution in [3.05, 3.63) is 59.2 Å². The molecular formula is C17H18N2O2S. The van der Waals surface area contributed by atoms with Crippen LogP contribution < -0.4 is 10.8 Å². The minimum absolute atomic E-state index is 0.209. The zero-order valence-electron chi connectivity index (χ0n) is 12.5. The molecule has 1 aliphatic heterocycles. The second-order valence-corrected chi connectivity index (χ2v) is 6.80. The fourth-order valence-corrected chi connectivity index (χ4v) is 3.67. The first-order chi connectivity index (χ1) is 10.5. The molecule has 0 radical (unpaired) electrons. The van der Waals surface area contributed by atoms with Crippen LogP contribution in [-0.4, -0.2) is 11.1 Å². The van der Waals surface area contributed by atoms with Crippen molar-refractivity contribution in [2.24, 2.45) is 5.73 Å². The van der Waals surface area contributed by atoms with Gasteiger partial charge in [0.1, 0.15) is 5.37 Å². The second-order valence-electron chi connectivity index (χ2n) is 5.68. The predicted octanol–water partition coefficient (Wildman–Crippen LogP) is 3.91. The Morgan fingerprint density at radius 1 is 1.23 bits per heavy atom. The van der Waals surface area contributed by atoms with Crippen LogP contribution in [0.3, 0.4) is 0 Å². The molecule has 0 saturated carbocycles. The van der Waals surface area contributed by atoms with Gasteiger partial charge in [0.05, 0.1) is 5.69 Å². The number of hydrogen-bond acceptors (Lipinski definition) is 4. The van der Waals surface area contributed by atoms with E-state index in [1.165, 1.54) is 10.6 Å². The number of primary amides is 1. The van der Waals surface area contributed by atoms with Crippen molar-refractivity contribution >= 4 is 23.4 Å². The third kappa shape index (κ3) is 2.58. The first-order valence-corrected chi connectivity index (χ1v) is 8.04. The molecule has 0 spiro atoms. The van der Waals surface area contributed by atoms with Crippen molar-refractivity contribution in [3.8, 4) is 0 Å². The SMILES string of the molecule is CC(C)c1ccc(C2Sc3ccc(C(N)=O)cc3N2O)cc1. The van der Waals surface area contributed by atoms with Gasteiger partial charge in [0.25, 0.3) is 0 Å². The van der Waals surface area contributed by atoms with Gasteiger partial charge in [-0.25, -0.2) is 5.06 Å². The smallest absolute Gasteiger partial charge is 0.248 e. The topological polar surface area (TPSA) is 66.6 Å². The molecule has 2 aromatic carbocycles. The number of nitrogens with two attached hydrogens (primary N) is 1. The minimum atomic E-state index is -0.495. The Hall–Kier alpha value is -1.98. The number of hydrogen-bond donors (Lipinski definition) is 2. The first kappa shape index (κ1) is 14.9. The molecular weight excluding hydrogens is 296 g/mol. The van der Waals surface area contributed by atoms with E-state index in [4.69, 9.17) is 5.73 Å². The number of carbonyl (C=O) groups is 1. The molecule has 0 fully saturated rings. The van der Waals surface area contributed by atoms with E-state index in [9.17, 15) is 10.0 Å². The van der Waals surface area contributed by atoms with E-state index < -0.39 is 5.91 Å². The van der Waals surface area contributed by atoms with E-state index in [2.05, 4.69) is 26.0 Å². The van der Waals surface area contributed by atoms with Gasteiger partial charge >= 0.3 is 0 Å². The van der Waals surface area contributed by atoms with E-state index in [-0.39, 0.29) is 5.37 Å². The van der Waals surface area contributed by atoms with Crippen molar-refractivity contribution < 1.29 is 10.0 Å². The highest BCUT2D eigenvalue weighted by Crippen LogP contribution is 2.50. The summed E-state index contributed by atoms with van der Waals surface area (Å²) in [6, 6.07) is 13.4. The molecule has 0 saturated heterocycles. The van der Waals surface area contributed by atoms with Gasteiger partial charge in [0.2, 0.25) is 5.91 Å². The van der Waals surface area contributed by atoms with Crippen molar-refractivity contribution in [2.75, 3.05) is 5.06 Å². The van der Waals surface area contributed by atoms with Crippen LogP contribution in [0.15, 0.2) is 47.4 Å². The lowest BCUT2D eigenvalue weighted by molar-refractivity contribution is 0.1000. The highest BCUT2D eigenvalue weighted by atomic mass is 32.2. The fraction of sp³-hybridized carbons (Fsp3) is 0.235. The molecule has 3 N–H and O–H groups in total. The molecule has 1 aliphatic rings. The minimum Gasteiger partial charge on any atom is -0.366 e. The van der Waals surface area contributed by atoms with Crippen LogP contribution >= 0.6 is 11.8 Å². The number of rotatable bonds is 3. The standard InChI is InChI=1S/C17H18N2O2S/c1-10(2)11-3-5-12(6-4-11)17-19(21)14-9-13(16(18)20)7-8-15(14)22-17/h3-10,17,21H,1-2H3,(H2,18,20). The molecule has 0 aromatic heterocycles. The van der Waals surface area contributed by atoms with E-state index in [1.54, 1.807) is 23.9 Å². The zero-order chi connectivity index (χ0) is 15.9. The summed E-state index contributed by atoms with van der Waals surface area (Å²) in [5, 5.41) is 11.4. The van der Waals surface area contributed by atoms with Gasteiger partial charge in [-0.1, -0.05) is 49.9 Å². The highest BCUT2D eigenvalue weighted by molar-refractivity contribution is 8.00. The molecule has 1 amide bonds. The van der Waals surface area contributed by atoms with Crippen LogP contribution in [0.25, 0.3) is 0 Å². The summed E-state index contributed by atoms with van der Waals surface area (Å²) in [7, 11) is 0. The lowest BCUT2D eigenvalue weighted by Gasteiger charge is -2.20. The van der Waals surface area contributed by atoms with E-state index in [1.807, 2.05) is 18.2 Å². The molecule has 0 bridgehead atoms. The van der Waals surface area contributed by atoms with E-state index in [0.29, 0.717) is 17.2 Å². The van der Waals surface area contributed by atoms with Crippen molar-refractivity contribution in [3.63, 3.8) is 0 Å². The maximum atomic E-state index is 11.3. The molecule has 4 nitrogen and oxygen atoms in total. The number of thioether (sulfide) groups is 1. The summed E-state index contributed by atoms with van der Waals surface area (Å²) in [5.41, 5.74) is 8.61. The van der Waals surface area contributed by atoms with Crippen molar-refractivity contribution in [1.82, 2.24) is 0 Å². The maximum absolute atomic E-state index is 11.3. The van der Waals surface area contributed by atoms with Crippen LogP contribution in [0.2, 0.25) is 0 Å². The first-order valence-electron chi connectivity index (χ1n) is 7.16. The van der Waals surface area contributed by atoms with Gasteiger partial charge in [0, 0.05) is 10.5 Å². The number of carbonyl (C=O) groups excluding carboxylic acids is 1. The molecule has 1 unspecified atom stereocenters. The van der Waals surface area contributed by atoms with Crippen LogP contribution in [0.4, 0.5) is 5.69 Å². The van der Waals surface area contributed by atoms with Gasteiger partial charge in [-0.2, -0.15) is 0 Å². The Balaban J connectivity index is 1.90. The average Bonchev–Trinajstić information content (AvgIpc) is 2.84. The van der Waals surface area contributed by atoms with Gasteiger partial charge < -0.3 is 5.73 Å². The Bertz CT molecular complexity index is 713. The lowest BCUT2D eigenvalue weighted by Crippen LogP contribution is -2.19. The summed E-state index contributed by atoms with van der Waals surface area (Å²) in [4.78, 5) is 12.2. The Morgan fingerprint density at radius 2 is 1.91 bits per heavy atom. The molecule has 0 aliphatic carbocycles. The molecule has 1 atom stereocenters. The molecule has 114 valence electrons. The van der Waals surface area contributed by atoms with Gasteiger partial charge in [-0.3, -0.25) is 10.0 Å². The predicted molar refractivity (Wildman–Crippen MR) is 88.4 cm³/mol. The van der Waals surface area contributed by atoms with Crippen LogP contribution in [-0.2, 0) is 0 Å². The van der Waals surface area contributed by atoms with Crippen LogP contribution in [0.5, 0.6) is 0 Å². The van der Waals surface area contributed by atoms with Crippen LogP contribution in [0, 0.1) is 0 Å². The number of benzene rings is 2. The summed E-state index contributed by atoms with van der Waals surface area (Å²) in [5.74, 6) is -0.0169. The zero-order valence-corrected chi connectivity index (χ0v) is 13.3. The van der Waals surface area contributed by atoms with Gasteiger partial charge in [-0.15, -0.1) is 0 Å². The van der Waals surface area contributed by atoms with Gasteiger partial charge in [0.15, 0.2) is 0 Å². The summed E-state index contributed by atoms with van der Waals surface area (Å²) in [6.07, 6.45) is 0. The maximum Gasteiger partial charge on any atom is 0.248 e. The van der Waals surface area contributed by atoms with Crippen molar-refractivity contribution in [1.29, 1.82) is 0 Å². The molecule has 1 heterocycles. The monoisotopic (exact) mass is 314 g/mol. The summed E-state index contributed by atoms with van der Waals surface area (Å²) < 4.78 is 0. The number of hydroxylamine groups is 1. The molecule has 22 heavy (non-hydrogen) atoms. The third-order valence-corrected chi connectivity index (χ3v) is 5.13. The average molecular weight is 314 g/mol. The largest absolute Gasteiger partial charge is 0.366 e. The third-order valence-electron chi connectivity index (χ3n) is 3.84. The van der Waals surface area contributed by atoms with E-state index in [0.717, 1.165) is 10.5 Å². The highest BCUT2D eigenvalue weighted by Gasteiger charge is 2.31. The molecule has 2 aromatic rings. The number of fused-ring (bicyclic) bond motifs is 1. The number of amides is 1. The Kier molecular flexibility index (Phi) is 3.85.